The summed E-state index contributed by atoms with van der Waals surface area (Å²) < 4.78 is 38.2. The molecule has 0 saturated heterocycles. The van der Waals surface area contributed by atoms with E-state index in [0.717, 1.165) is 5.56 Å². The molecule has 0 atom stereocenters. The van der Waals surface area contributed by atoms with Crippen LogP contribution in [0.5, 0.6) is 11.5 Å². The van der Waals surface area contributed by atoms with E-state index >= 15 is 0 Å². The van der Waals surface area contributed by atoms with Crippen molar-refractivity contribution in [2.45, 2.75) is 17.9 Å². The molecule has 0 unspecified atom stereocenters. The average molecular weight is 476 g/mol. The summed E-state index contributed by atoms with van der Waals surface area (Å²) in [6.07, 6.45) is 3.30. The van der Waals surface area contributed by atoms with Gasteiger partial charge in [0.2, 0.25) is 15.9 Å². The highest BCUT2D eigenvalue weighted by Crippen LogP contribution is 2.31. The summed E-state index contributed by atoms with van der Waals surface area (Å²) in [4.78, 5) is 16.3. The fourth-order valence-corrected chi connectivity index (χ4v) is 4.32. The van der Waals surface area contributed by atoms with Gasteiger partial charge in [-0.1, -0.05) is 29.8 Å². The summed E-state index contributed by atoms with van der Waals surface area (Å²) >= 11 is 5.94. The largest absolute Gasteiger partial charge is 0.493 e. The van der Waals surface area contributed by atoms with Crippen LogP contribution in [0.15, 0.2) is 71.9 Å². The van der Waals surface area contributed by atoms with Crippen LogP contribution in [-0.2, 0) is 21.4 Å². The molecule has 10 heteroatoms. The van der Waals surface area contributed by atoms with Gasteiger partial charge in [-0.3, -0.25) is 9.78 Å². The van der Waals surface area contributed by atoms with Gasteiger partial charge >= 0.3 is 0 Å². The maximum atomic E-state index is 12.3. The number of benzene rings is 2. The van der Waals surface area contributed by atoms with Crippen LogP contribution < -0.4 is 19.5 Å². The Morgan fingerprint density at radius 1 is 1.09 bits per heavy atom. The van der Waals surface area contributed by atoms with Crippen molar-refractivity contribution in [2.24, 2.45) is 0 Å². The Morgan fingerprint density at radius 2 is 1.91 bits per heavy atom. The van der Waals surface area contributed by atoms with Gasteiger partial charge in [-0.05, 0) is 30.3 Å². The quantitative estimate of drug-likeness (QED) is 0.463. The van der Waals surface area contributed by atoms with Gasteiger partial charge in [0, 0.05) is 42.7 Å². The predicted octanol–water partition coefficient (Wildman–Crippen LogP) is 3.63. The number of nitrogens with one attached hydrogen (secondary N) is 2. The lowest BCUT2D eigenvalue weighted by Crippen LogP contribution is -2.28. The third kappa shape index (κ3) is 6.43. The van der Waals surface area contributed by atoms with Gasteiger partial charge in [-0.25, -0.2) is 13.1 Å². The van der Waals surface area contributed by atoms with E-state index in [-0.39, 0.29) is 35.4 Å². The molecule has 1 aromatic heterocycles. The second kappa shape index (κ2) is 10.9. The summed E-state index contributed by atoms with van der Waals surface area (Å²) in [7, 11) is -2.29. The number of amides is 1. The molecule has 3 aromatic rings. The van der Waals surface area contributed by atoms with Gasteiger partial charge in [0.15, 0.2) is 11.5 Å². The number of hydrogen-bond acceptors (Lipinski definition) is 6. The molecule has 3 rings (SSSR count). The number of aromatic nitrogens is 1. The van der Waals surface area contributed by atoms with Crippen LogP contribution in [0.3, 0.4) is 0 Å². The Morgan fingerprint density at radius 3 is 2.62 bits per heavy atom. The molecular formula is C22H22ClN3O5S. The molecule has 8 nitrogen and oxygen atoms in total. The van der Waals surface area contributed by atoms with Crippen molar-refractivity contribution >= 4 is 33.2 Å². The van der Waals surface area contributed by atoms with E-state index in [1.165, 1.54) is 19.2 Å². The molecule has 0 aliphatic heterocycles. The van der Waals surface area contributed by atoms with Crippen molar-refractivity contribution < 1.29 is 22.7 Å². The highest BCUT2D eigenvalue weighted by molar-refractivity contribution is 7.89. The van der Waals surface area contributed by atoms with Gasteiger partial charge in [0.1, 0.15) is 11.5 Å². The molecule has 0 aliphatic rings. The van der Waals surface area contributed by atoms with E-state index in [2.05, 4.69) is 15.0 Å². The van der Waals surface area contributed by atoms with E-state index in [1.807, 2.05) is 12.1 Å². The molecule has 2 aromatic carbocycles. The van der Waals surface area contributed by atoms with Crippen LogP contribution >= 0.6 is 11.6 Å². The lowest BCUT2D eigenvalue weighted by atomic mass is 10.2. The maximum Gasteiger partial charge on any atom is 0.242 e. The molecule has 0 fully saturated rings. The number of ether oxygens (including phenoxy) is 2. The molecular weight excluding hydrogens is 454 g/mol. The monoisotopic (exact) mass is 475 g/mol. The lowest BCUT2D eigenvalue weighted by Gasteiger charge is -2.13. The van der Waals surface area contributed by atoms with Gasteiger partial charge < -0.3 is 14.8 Å². The topological polar surface area (TPSA) is 107 Å². The maximum absolute atomic E-state index is 12.3. The number of nitrogens with zero attached hydrogens (tertiary/aromatic N) is 1. The van der Waals surface area contributed by atoms with Crippen LogP contribution in [0, 0.1) is 0 Å². The highest BCUT2D eigenvalue weighted by Gasteiger charge is 2.17. The van der Waals surface area contributed by atoms with Gasteiger partial charge in [-0.15, -0.1) is 0 Å². The summed E-state index contributed by atoms with van der Waals surface area (Å²) in [6.45, 7) is 0.200. The fraction of sp³-hybridized carbons (Fsp3) is 0.182. The molecule has 0 saturated carbocycles. The van der Waals surface area contributed by atoms with E-state index in [4.69, 9.17) is 21.1 Å². The number of methoxy groups -OCH3 is 1. The Hall–Kier alpha value is -3.14. The van der Waals surface area contributed by atoms with E-state index in [0.29, 0.717) is 17.2 Å². The van der Waals surface area contributed by atoms with Crippen molar-refractivity contribution in [3.8, 4) is 11.5 Å². The number of rotatable bonds is 10. The standard InChI is InChI=1S/C22H22ClN3O5S/c1-30-19-9-8-17(13-20(19)31-15-16-5-4-11-24-14-16)26-22(27)10-12-25-32(28,29)21-7-3-2-6-18(21)23/h2-9,11,13-14,25H,10,12,15H2,1H3,(H,26,27). The second-order valence-corrected chi connectivity index (χ2v) is 8.78. The normalized spacial score (nSPS) is 11.1. The SMILES string of the molecule is COc1ccc(NC(=O)CCNS(=O)(=O)c2ccccc2Cl)cc1OCc1cccnc1. The van der Waals surface area contributed by atoms with Crippen molar-refractivity contribution in [1.29, 1.82) is 0 Å². The summed E-state index contributed by atoms with van der Waals surface area (Å²) in [5.74, 6) is 0.600. The first-order chi connectivity index (χ1) is 15.4. The summed E-state index contributed by atoms with van der Waals surface area (Å²) in [5, 5.41) is 2.83. The first-order valence-corrected chi connectivity index (χ1v) is 11.5. The Kier molecular flexibility index (Phi) is 8.04. The number of sulfonamides is 1. The average Bonchev–Trinajstić information content (AvgIpc) is 2.78. The van der Waals surface area contributed by atoms with Crippen molar-refractivity contribution in [3.63, 3.8) is 0 Å². The number of carbonyl (C=O) groups is 1. The van der Waals surface area contributed by atoms with Gasteiger partial charge in [0.25, 0.3) is 0 Å². The van der Waals surface area contributed by atoms with E-state index < -0.39 is 10.0 Å². The van der Waals surface area contributed by atoms with Crippen molar-refractivity contribution in [1.82, 2.24) is 9.71 Å². The van der Waals surface area contributed by atoms with Crippen molar-refractivity contribution in [3.05, 3.63) is 77.6 Å². The number of halogens is 1. The summed E-state index contributed by atoms with van der Waals surface area (Å²) in [6, 6.07) is 14.8. The number of anilines is 1. The molecule has 0 radical (unpaired) electrons. The third-order valence-electron chi connectivity index (χ3n) is 4.33. The van der Waals surface area contributed by atoms with Crippen molar-refractivity contribution in [2.75, 3.05) is 19.0 Å². The van der Waals surface area contributed by atoms with Gasteiger partial charge in [-0.2, -0.15) is 0 Å². The second-order valence-electron chi connectivity index (χ2n) is 6.64. The van der Waals surface area contributed by atoms with Gasteiger partial charge in [0.05, 0.1) is 12.1 Å². The number of hydrogen-bond donors (Lipinski definition) is 2. The number of carbonyl (C=O) groups excluding carboxylic acids is 1. The summed E-state index contributed by atoms with van der Waals surface area (Å²) in [5.41, 5.74) is 1.38. The molecule has 0 bridgehead atoms. The highest BCUT2D eigenvalue weighted by atomic mass is 35.5. The molecule has 1 heterocycles. The Labute approximate surface area is 191 Å². The van der Waals surface area contributed by atoms with E-state index in [1.54, 1.807) is 42.7 Å². The minimum atomic E-state index is -3.81. The van der Waals surface area contributed by atoms with Crippen LogP contribution in [-0.4, -0.2) is 33.0 Å². The van der Waals surface area contributed by atoms with Crippen LogP contribution in [0.4, 0.5) is 5.69 Å². The van der Waals surface area contributed by atoms with E-state index in [9.17, 15) is 13.2 Å². The minimum absolute atomic E-state index is 0.0346. The molecule has 32 heavy (non-hydrogen) atoms. The predicted molar refractivity (Wildman–Crippen MR) is 121 cm³/mol. The molecule has 0 spiro atoms. The Balaban J connectivity index is 1.57. The zero-order valence-corrected chi connectivity index (χ0v) is 18.8. The van der Waals surface area contributed by atoms with Crippen LogP contribution in [0.25, 0.3) is 0 Å². The third-order valence-corrected chi connectivity index (χ3v) is 6.30. The lowest BCUT2D eigenvalue weighted by molar-refractivity contribution is -0.116. The first kappa shape index (κ1) is 23.5. The van der Waals surface area contributed by atoms with Crippen LogP contribution in [0.1, 0.15) is 12.0 Å². The molecule has 168 valence electrons. The zero-order chi connectivity index (χ0) is 23.0. The molecule has 1 amide bonds. The smallest absolute Gasteiger partial charge is 0.242 e. The Bertz CT molecular complexity index is 1170. The first-order valence-electron chi connectivity index (χ1n) is 9.63. The number of pyridine rings is 1. The molecule has 2 N–H and O–H groups in total. The minimum Gasteiger partial charge on any atom is -0.493 e. The van der Waals surface area contributed by atoms with Crippen LogP contribution in [0.2, 0.25) is 5.02 Å². The fourth-order valence-electron chi connectivity index (χ4n) is 2.77. The molecule has 0 aliphatic carbocycles. The zero-order valence-electron chi connectivity index (χ0n) is 17.2.